The van der Waals surface area contributed by atoms with Gasteiger partial charge in [-0.2, -0.15) is 9.40 Å². The van der Waals surface area contributed by atoms with Crippen molar-refractivity contribution in [1.82, 2.24) is 29.1 Å². The number of amides is 1. The number of nitrogens with one attached hydrogen (secondary N) is 2. The van der Waals surface area contributed by atoms with Gasteiger partial charge in [-0.3, -0.25) is 20.3 Å². The van der Waals surface area contributed by atoms with Crippen molar-refractivity contribution in [1.29, 1.82) is 0 Å². The molecule has 2 aromatic carbocycles. The van der Waals surface area contributed by atoms with E-state index in [1.54, 1.807) is 18.5 Å². The molecule has 0 saturated carbocycles. The third kappa shape index (κ3) is 4.89. The Morgan fingerprint density at radius 2 is 1.72 bits per heavy atom. The van der Waals surface area contributed by atoms with E-state index in [1.165, 1.54) is 41.1 Å². The summed E-state index contributed by atoms with van der Waals surface area (Å²) >= 11 is 5.17. The largest absolute Gasteiger partial charge is 0.298 e. The summed E-state index contributed by atoms with van der Waals surface area (Å²) in [4.78, 5) is 29.9. The van der Waals surface area contributed by atoms with Crippen molar-refractivity contribution in [2.24, 2.45) is 0 Å². The average Bonchev–Trinajstić information content (AvgIpc) is 3.32. The molecule has 11 nitrogen and oxygen atoms in total. The zero-order valence-electron chi connectivity index (χ0n) is 19.5. The van der Waals surface area contributed by atoms with Gasteiger partial charge in [-0.15, -0.1) is 0 Å². The number of hydrogen-bond acceptors (Lipinski definition) is 7. The number of sulfonamides is 1. The minimum Gasteiger partial charge on any atom is -0.298 e. The van der Waals surface area contributed by atoms with Gasteiger partial charge in [0, 0.05) is 18.7 Å². The van der Waals surface area contributed by atoms with Crippen molar-refractivity contribution in [2.45, 2.75) is 18.7 Å². The molecular formula is C23H23N7O4S2. The van der Waals surface area contributed by atoms with Crippen molar-refractivity contribution < 1.29 is 13.2 Å². The summed E-state index contributed by atoms with van der Waals surface area (Å²) in [5, 5.41) is 6.83. The lowest BCUT2D eigenvalue weighted by Crippen LogP contribution is -2.41. The molecule has 2 heterocycles. The summed E-state index contributed by atoms with van der Waals surface area (Å²) in [5.41, 5.74) is 3.49. The molecule has 4 rings (SSSR count). The van der Waals surface area contributed by atoms with Gasteiger partial charge in [-0.1, -0.05) is 32.0 Å². The molecule has 0 aliphatic rings. The summed E-state index contributed by atoms with van der Waals surface area (Å²) in [7, 11) is -3.63. The molecule has 0 bridgehead atoms. The Hall–Kier alpha value is -3.94. The molecule has 2 aromatic heterocycles. The first-order valence-corrected chi connectivity index (χ1v) is 12.8. The van der Waals surface area contributed by atoms with E-state index < -0.39 is 21.5 Å². The Morgan fingerprint density at radius 1 is 1.06 bits per heavy atom. The summed E-state index contributed by atoms with van der Waals surface area (Å²) in [6.07, 6.45) is 2.66. The smallest absolute Gasteiger partial charge is 0.283 e. The molecule has 2 N–H and O–H groups in total. The Morgan fingerprint density at radius 3 is 2.36 bits per heavy atom. The van der Waals surface area contributed by atoms with Crippen LogP contribution in [0.1, 0.15) is 24.2 Å². The molecule has 0 spiro atoms. The van der Waals surface area contributed by atoms with Gasteiger partial charge in [0.25, 0.3) is 11.5 Å². The monoisotopic (exact) mass is 525 g/mol. The molecule has 0 atom stereocenters. The molecule has 0 aliphatic heterocycles. The number of carbonyl (C=O) groups is 1. The number of fused-ring (bicyclic) bond motifs is 1. The fourth-order valence-electron chi connectivity index (χ4n) is 3.55. The van der Waals surface area contributed by atoms with Crippen molar-refractivity contribution in [2.75, 3.05) is 18.5 Å². The van der Waals surface area contributed by atoms with Gasteiger partial charge in [0.1, 0.15) is 11.7 Å². The topological polar surface area (TPSA) is 131 Å². The second-order valence-corrected chi connectivity index (χ2v) is 9.90. The Kier molecular flexibility index (Phi) is 7.24. The zero-order valence-corrected chi connectivity index (χ0v) is 21.1. The van der Waals surface area contributed by atoms with Gasteiger partial charge in [0.15, 0.2) is 10.8 Å². The van der Waals surface area contributed by atoms with E-state index in [2.05, 4.69) is 20.8 Å². The summed E-state index contributed by atoms with van der Waals surface area (Å²) in [5.74, 6) is -0.571. The predicted molar refractivity (Wildman–Crippen MR) is 139 cm³/mol. The molecule has 186 valence electrons. The van der Waals surface area contributed by atoms with E-state index in [1.807, 2.05) is 30.3 Å². The number of hydrogen-bond donors (Lipinski definition) is 2. The van der Waals surface area contributed by atoms with Crippen molar-refractivity contribution in [3.63, 3.8) is 0 Å². The van der Waals surface area contributed by atoms with E-state index in [-0.39, 0.29) is 21.0 Å². The molecule has 0 fully saturated rings. The molecule has 0 aliphatic carbocycles. The van der Waals surface area contributed by atoms with Gasteiger partial charge >= 0.3 is 0 Å². The fraction of sp³-hybridized carbons (Fsp3) is 0.174. The van der Waals surface area contributed by atoms with Crippen LogP contribution in [0.2, 0.25) is 0 Å². The maximum absolute atomic E-state index is 12.9. The van der Waals surface area contributed by atoms with Crippen LogP contribution < -0.4 is 16.3 Å². The highest BCUT2D eigenvalue weighted by atomic mass is 32.2. The third-order valence-corrected chi connectivity index (χ3v) is 7.66. The molecular weight excluding hydrogens is 502 g/mol. The first-order valence-electron chi connectivity index (χ1n) is 11.0. The molecule has 0 radical (unpaired) electrons. The minimum atomic E-state index is -3.63. The quantitative estimate of drug-likeness (QED) is 0.350. The van der Waals surface area contributed by atoms with Crippen LogP contribution in [0.25, 0.3) is 16.7 Å². The van der Waals surface area contributed by atoms with E-state index in [9.17, 15) is 18.0 Å². The lowest BCUT2D eigenvalue weighted by atomic mass is 10.2. The molecule has 0 unspecified atom stereocenters. The third-order valence-electron chi connectivity index (χ3n) is 5.40. The lowest BCUT2D eigenvalue weighted by Gasteiger charge is -2.18. The van der Waals surface area contributed by atoms with Gasteiger partial charge in [-0.25, -0.2) is 22.8 Å². The SMILES string of the molecule is CCN(CC)S(=O)(=O)c1ccc(C(=O)NC(=S)Nn2cnc3c(cnn3-c3ccccc3)c2=O)cc1. The fourth-order valence-corrected chi connectivity index (χ4v) is 5.20. The second-order valence-electron chi connectivity index (χ2n) is 7.56. The first-order chi connectivity index (χ1) is 17.3. The number of aromatic nitrogens is 4. The second kappa shape index (κ2) is 10.4. The number of carbonyl (C=O) groups excluding carboxylic acids is 1. The van der Waals surface area contributed by atoms with Crippen LogP contribution in [0.15, 0.2) is 76.8 Å². The van der Waals surface area contributed by atoms with Crippen LogP contribution >= 0.6 is 12.2 Å². The lowest BCUT2D eigenvalue weighted by molar-refractivity contribution is 0.0977. The summed E-state index contributed by atoms with van der Waals surface area (Å²) in [6.45, 7) is 4.19. The van der Waals surface area contributed by atoms with Crippen LogP contribution in [0.3, 0.4) is 0 Å². The van der Waals surface area contributed by atoms with Gasteiger partial charge in [0.05, 0.1) is 16.8 Å². The van der Waals surface area contributed by atoms with Crippen LogP contribution in [0.4, 0.5) is 0 Å². The highest BCUT2D eigenvalue weighted by Crippen LogP contribution is 2.16. The van der Waals surface area contributed by atoms with Gasteiger partial charge in [0.2, 0.25) is 10.0 Å². The Bertz CT molecular complexity index is 1580. The summed E-state index contributed by atoms with van der Waals surface area (Å²) in [6, 6.07) is 14.8. The number of benzene rings is 2. The standard InChI is InChI=1S/C23H23N7O4S2/c1-3-28(4-2)36(33,34)18-12-10-16(11-13-18)21(31)26-23(35)27-29-15-24-20-19(22(29)32)14-25-30(20)17-8-6-5-7-9-17/h5-15H,3-4H2,1-2H3,(H2,26,27,31,35). The van der Waals surface area contributed by atoms with E-state index in [4.69, 9.17) is 12.2 Å². The van der Waals surface area contributed by atoms with Gasteiger partial charge < -0.3 is 0 Å². The number of nitrogens with zero attached hydrogens (tertiary/aromatic N) is 5. The minimum absolute atomic E-state index is 0.0884. The predicted octanol–water partition coefficient (Wildman–Crippen LogP) is 1.87. The van der Waals surface area contributed by atoms with Crippen molar-refractivity contribution in [3.05, 3.63) is 83.0 Å². The zero-order chi connectivity index (χ0) is 25.9. The normalized spacial score (nSPS) is 11.5. The first kappa shape index (κ1) is 25.2. The maximum atomic E-state index is 12.9. The van der Waals surface area contributed by atoms with Crippen LogP contribution in [-0.4, -0.2) is 56.3 Å². The average molecular weight is 526 g/mol. The van der Waals surface area contributed by atoms with Crippen LogP contribution in [0, 0.1) is 0 Å². The highest BCUT2D eigenvalue weighted by Gasteiger charge is 2.22. The van der Waals surface area contributed by atoms with Crippen molar-refractivity contribution in [3.8, 4) is 5.69 Å². The van der Waals surface area contributed by atoms with E-state index in [0.717, 1.165) is 10.4 Å². The summed E-state index contributed by atoms with van der Waals surface area (Å²) < 4.78 is 29.1. The number of para-hydroxylation sites is 1. The Labute approximate surface area is 212 Å². The number of rotatable bonds is 7. The molecule has 13 heteroatoms. The van der Waals surface area contributed by atoms with Crippen LogP contribution in [0.5, 0.6) is 0 Å². The highest BCUT2D eigenvalue weighted by molar-refractivity contribution is 7.89. The van der Waals surface area contributed by atoms with Crippen LogP contribution in [-0.2, 0) is 10.0 Å². The van der Waals surface area contributed by atoms with E-state index >= 15 is 0 Å². The van der Waals surface area contributed by atoms with Crippen molar-refractivity contribution >= 4 is 44.3 Å². The molecule has 36 heavy (non-hydrogen) atoms. The maximum Gasteiger partial charge on any atom is 0.283 e. The molecule has 4 aromatic rings. The number of thiocarbonyl (C=S) groups is 1. The van der Waals surface area contributed by atoms with E-state index in [0.29, 0.717) is 18.7 Å². The van der Waals surface area contributed by atoms with Gasteiger partial charge in [-0.05, 0) is 48.6 Å². The Balaban J connectivity index is 1.47. The molecule has 1 amide bonds. The molecule has 0 saturated heterocycles.